The van der Waals surface area contributed by atoms with Gasteiger partial charge in [-0.25, -0.2) is 24.7 Å². The van der Waals surface area contributed by atoms with Gasteiger partial charge in [0.25, 0.3) is 5.91 Å². The van der Waals surface area contributed by atoms with Crippen LogP contribution in [0, 0.1) is 0 Å². The van der Waals surface area contributed by atoms with Crippen molar-refractivity contribution in [1.29, 1.82) is 0 Å². The van der Waals surface area contributed by atoms with Crippen LogP contribution in [0.5, 0.6) is 0 Å². The normalized spacial score (nSPS) is 17.7. The Balaban J connectivity index is 2.74. The van der Waals surface area contributed by atoms with Crippen molar-refractivity contribution >= 4 is 29.9 Å². The van der Waals surface area contributed by atoms with Gasteiger partial charge in [-0.3, -0.25) is 4.79 Å². The Morgan fingerprint density at radius 3 is 1.97 bits per heavy atom. The van der Waals surface area contributed by atoms with Gasteiger partial charge in [0.1, 0.15) is 16.8 Å². The van der Waals surface area contributed by atoms with Crippen LogP contribution in [0.4, 0.5) is 20.1 Å². The number of carbonyl (C=O) groups is 4. The monoisotopic (exact) mass is 503 g/mol. The molecule has 0 radical (unpaired) electrons. The summed E-state index contributed by atoms with van der Waals surface area (Å²) in [5.41, 5.74) is -1.78. The average molecular weight is 504 g/mol. The van der Waals surface area contributed by atoms with E-state index in [0.29, 0.717) is 0 Å². The van der Waals surface area contributed by atoms with Crippen LogP contribution in [0.1, 0.15) is 74.3 Å². The molecular formula is C26H37N3O7. The standard InChI is InChI=1S/C26H37N3O7/c1-11-16-26(29(22(33)36-25(8,9)10)27-20(31)34-23(2,3)4)17-14-12-13-15-18(17)28(19(26)30)21(32)35-24(5,6)7/h11-15H,1,16H2,2-10H3,(H,27,31)/t26-/m1/s1. The molecule has 0 bridgehead atoms. The molecule has 0 aromatic heterocycles. The molecule has 1 aliphatic heterocycles. The van der Waals surface area contributed by atoms with E-state index < -0.39 is 46.5 Å². The Morgan fingerprint density at radius 2 is 1.47 bits per heavy atom. The number of nitrogens with one attached hydrogen (secondary N) is 1. The van der Waals surface area contributed by atoms with Gasteiger partial charge in [-0.2, -0.15) is 5.01 Å². The first-order valence-electron chi connectivity index (χ1n) is 11.6. The topological polar surface area (TPSA) is 114 Å². The lowest BCUT2D eigenvalue weighted by atomic mass is 9.87. The molecule has 0 aliphatic carbocycles. The zero-order valence-electron chi connectivity index (χ0n) is 22.6. The van der Waals surface area contributed by atoms with E-state index in [1.165, 1.54) is 6.08 Å². The molecule has 10 nitrogen and oxygen atoms in total. The van der Waals surface area contributed by atoms with Crippen LogP contribution >= 0.6 is 0 Å². The molecular weight excluding hydrogens is 466 g/mol. The van der Waals surface area contributed by atoms with Crippen LogP contribution in [-0.4, -0.2) is 46.0 Å². The van der Waals surface area contributed by atoms with Crippen molar-refractivity contribution in [1.82, 2.24) is 10.4 Å². The van der Waals surface area contributed by atoms with Crippen LogP contribution < -0.4 is 10.3 Å². The number of hydrogen-bond acceptors (Lipinski definition) is 7. The number of hydrazine groups is 1. The summed E-state index contributed by atoms with van der Waals surface area (Å²) < 4.78 is 16.4. The van der Waals surface area contributed by atoms with E-state index in [4.69, 9.17) is 14.2 Å². The Kier molecular flexibility index (Phi) is 7.83. The largest absolute Gasteiger partial charge is 0.443 e. The summed E-state index contributed by atoms with van der Waals surface area (Å²) in [7, 11) is 0. The summed E-state index contributed by atoms with van der Waals surface area (Å²) in [6.07, 6.45) is -1.67. The number of amides is 4. The fraction of sp³-hybridized carbons (Fsp3) is 0.538. The highest BCUT2D eigenvalue weighted by molar-refractivity contribution is 6.21. The number of fused-ring (bicyclic) bond motifs is 1. The number of hydrogen-bond donors (Lipinski definition) is 1. The summed E-state index contributed by atoms with van der Waals surface area (Å²) in [5.74, 6) is -0.820. The minimum atomic E-state index is -1.91. The molecule has 0 fully saturated rings. The van der Waals surface area contributed by atoms with Gasteiger partial charge in [0, 0.05) is 12.0 Å². The van der Waals surface area contributed by atoms with Crippen LogP contribution in [-0.2, 0) is 24.5 Å². The van der Waals surface area contributed by atoms with Crippen LogP contribution in [0.3, 0.4) is 0 Å². The van der Waals surface area contributed by atoms with Crippen molar-refractivity contribution in [2.24, 2.45) is 0 Å². The third-order valence-electron chi connectivity index (χ3n) is 4.72. The van der Waals surface area contributed by atoms with E-state index in [2.05, 4.69) is 12.0 Å². The Hall–Kier alpha value is -3.56. The SMILES string of the molecule is C=CC[C@]1(N(NC(=O)OC(C)(C)C)C(=O)OC(C)(C)C)C(=O)N(C(=O)OC(C)(C)C)c2ccccc21. The van der Waals surface area contributed by atoms with Crippen molar-refractivity contribution in [3.05, 3.63) is 42.5 Å². The molecule has 1 aromatic rings. The van der Waals surface area contributed by atoms with E-state index >= 15 is 0 Å². The fourth-order valence-electron chi connectivity index (χ4n) is 3.63. The van der Waals surface area contributed by atoms with Crippen LogP contribution in [0.15, 0.2) is 36.9 Å². The number of para-hydroxylation sites is 1. The highest BCUT2D eigenvalue weighted by Gasteiger charge is 2.60. The highest BCUT2D eigenvalue weighted by Crippen LogP contribution is 2.47. The Bertz CT molecular complexity index is 1050. The Labute approximate surface area is 212 Å². The average Bonchev–Trinajstić information content (AvgIpc) is 2.91. The van der Waals surface area contributed by atoms with Gasteiger partial charge < -0.3 is 14.2 Å². The van der Waals surface area contributed by atoms with Crippen molar-refractivity contribution in [3.8, 4) is 0 Å². The van der Waals surface area contributed by atoms with E-state index in [-0.39, 0.29) is 17.7 Å². The predicted molar refractivity (Wildman–Crippen MR) is 134 cm³/mol. The smallest absolute Gasteiger partial charge is 0.430 e. The maximum atomic E-state index is 14.1. The van der Waals surface area contributed by atoms with Gasteiger partial charge in [-0.05, 0) is 68.4 Å². The third kappa shape index (κ3) is 6.35. The van der Waals surface area contributed by atoms with Gasteiger partial charge in [0.15, 0.2) is 5.54 Å². The summed E-state index contributed by atoms with van der Waals surface area (Å²) >= 11 is 0. The Morgan fingerprint density at radius 1 is 0.944 bits per heavy atom. The molecule has 0 saturated carbocycles. The van der Waals surface area contributed by atoms with Gasteiger partial charge >= 0.3 is 18.3 Å². The molecule has 0 spiro atoms. The quantitative estimate of drug-likeness (QED) is 0.333. The molecule has 4 amide bonds. The molecule has 198 valence electrons. The van der Waals surface area contributed by atoms with Crippen molar-refractivity contribution < 1.29 is 33.4 Å². The summed E-state index contributed by atoms with van der Waals surface area (Å²) in [6, 6.07) is 6.45. The first-order valence-corrected chi connectivity index (χ1v) is 11.6. The summed E-state index contributed by atoms with van der Waals surface area (Å²) in [5, 5.41) is 0.777. The van der Waals surface area contributed by atoms with Gasteiger partial charge in [0.05, 0.1) is 5.69 Å². The fourth-order valence-corrected chi connectivity index (χ4v) is 3.63. The first-order chi connectivity index (χ1) is 16.3. The lowest BCUT2D eigenvalue weighted by molar-refractivity contribution is -0.132. The van der Waals surface area contributed by atoms with Crippen molar-refractivity contribution in [2.75, 3.05) is 4.90 Å². The maximum absolute atomic E-state index is 14.1. The van der Waals surface area contributed by atoms with E-state index in [9.17, 15) is 19.2 Å². The molecule has 1 heterocycles. The van der Waals surface area contributed by atoms with Gasteiger partial charge in [0.2, 0.25) is 0 Å². The molecule has 1 N–H and O–H groups in total. The third-order valence-corrected chi connectivity index (χ3v) is 4.72. The number of nitrogens with zero attached hydrogens (tertiary/aromatic N) is 2. The van der Waals surface area contributed by atoms with Gasteiger partial charge in [-0.1, -0.05) is 24.3 Å². The summed E-state index contributed by atoms with van der Waals surface area (Å²) in [4.78, 5) is 54.5. The molecule has 0 unspecified atom stereocenters. The number of anilines is 1. The zero-order valence-corrected chi connectivity index (χ0v) is 22.6. The molecule has 0 saturated heterocycles. The molecule has 1 aliphatic rings. The molecule has 10 heteroatoms. The molecule has 36 heavy (non-hydrogen) atoms. The molecule has 1 atom stereocenters. The second-order valence-electron chi connectivity index (χ2n) is 11.4. The van der Waals surface area contributed by atoms with Crippen molar-refractivity contribution in [2.45, 2.75) is 91.1 Å². The zero-order chi connectivity index (χ0) is 27.7. The first kappa shape index (κ1) is 28.7. The number of ether oxygens (including phenoxy) is 3. The second-order valence-corrected chi connectivity index (χ2v) is 11.4. The maximum Gasteiger partial charge on any atom is 0.430 e. The second kappa shape index (κ2) is 9.83. The lowest BCUT2D eigenvalue weighted by Gasteiger charge is -2.39. The van der Waals surface area contributed by atoms with Crippen LogP contribution in [0.2, 0.25) is 0 Å². The van der Waals surface area contributed by atoms with E-state index in [0.717, 1.165) is 9.91 Å². The van der Waals surface area contributed by atoms with E-state index in [1.54, 1.807) is 86.6 Å². The molecule has 2 rings (SSSR count). The highest BCUT2D eigenvalue weighted by atomic mass is 16.6. The van der Waals surface area contributed by atoms with Crippen molar-refractivity contribution in [3.63, 3.8) is 0 Å². The molecule has 1 aromatic carbocycles. The van der Waals surface area contributed by atoms with E-state index in [1.807, 2.05) is 0 Å². The number of carbonyl (C=O) groups excluding carboxylic acids is 4. The minimum absolute atomic E-state index is 0.156. The van der Waals surface area contributed by atoms with Crippen LogP contribution in [0.25, 0.3) is 0 Å². The summed E-state index contributed by atoms with van der Waals surface area (Å²) in [6.45, 7) is 18.7. The predicted octanol–water partition coefficient (Wildman–Crippen LogP) is 5.42. The number of imide groups is 1. The van der Waals surface area contributed by atoms with Gasteiger partial charge in [-0.15, -0.1) is 6.58 Å². The lowest BCUT2D eigenvalue weighted by Crippen LogP contribution is -2.63. The number of benzene rings is 1. The minimum Gasteiger partial charge on any atom is -0.443 e. The number of rotatable bonds is 3.